The molecule has 6 rings (SSSR count). The zero-order valence-electron chi connectivity index (χ0n) is 22.4. The molecule has 1 aliphatic rings. The average Bonchev–Trinajstić information content (AvgIpc) is 3.40. The van der Waals surface area contributed by atoms with Crippen LogP contribution in [0, 0.1) is 12.7 Å². The molecule has 0 aliphatic heterocycles. The number of ether oxygens (including phenoxy) is 1. The molecule has 0 spiro atoms. The molecule has 2 aromatic heterocycles. The second kappa shape index (κ2) is 11.6. The first kappa shape index (κ1) is 26.1. The summed E-state index contributed by atoms with van der Waals surface area (Å²) in [5.74, 6) is -0.0127. The third kappa shape index (κ3) is 5.34. The minimum Gasteiger partial charge on any atom is -0.485 e. The van der Waals surface area contributed by atoms with Gasteiger partial charge in [-0.2, -0.15) is 0 Å². The Morgan fingerprint density at radius 3 is 2.38 bits per heavy atom. The summed E-state index contributed by atoms with van der Waals surface area (Å²) in [5, 5.41) is 0.724. The summed E-state index contributed by atoms with van der Waals surface area (Å²) in [4.78, 5) is 25.3. The van der Waals surface area contributed by atoms with E-state index in [1.54, 1.807) is 28.0 Å². The molecule has 202 valence electrons. The van der Waals surface area contributed by atoms with Crippen LogP contribution in [-0.2, 0) is 32.4 Å². The van der Waals surface area contributed by atoms with Gasteiger partial charge in [0.15, 0.2) is 11.6 Å². The van der Waals surface area contributed by atoms with Gasteiger partial charge in [-0.05, 0) is 62.3 Å². The lowest BCUT2D eigenvalue weighted by Crippen LogP contribution is -2.27. The van der Waals surface area contributed by atoms with Crippen LogP contribution in [0.4, 0.5) is 4.39 Å². The van der Waals surface area contributed by atoms with Crippen LogP contribution in [-0.4, -0.2) is 14.5 Å². The summed E-state index contributed by atoms with van der Waals surface area (Å²) in [7, 11) is 0. The quantitative estimate of drug-likeness (QED) is 0.205. The summed E-state index contributed by atoms with van der Waals surface area (Å²) < 4.78 is 23.0. The van der Waals surface area contributed by atoms with Crippen molar-refractivity contribution >= 4 is 11.3 Å². The summed E-state index contributed by atoms with van der Waals surface area (Å²) in [6.45, 7) is 2.43. The van der Waals surface area contributed by atoms with Crippen LogP contribution in [0.5, 0.6) is 5.75 Å². The van der Waals surface area contributed by atoms with E-state index in [0.29, 0.717) is 35.6 Å². The molecule has 5 aromatic rings. The maximum absolute atomic E-state index is 15.2. The van der Waals surface area contributed by atoms with E-state index in [-0.39, 0.29) is 17.9 Å². The predicted molar refractivity (Wildman–Crippen MR) is 157 cm³/mol. The van der Waals surface area contributed by atoms with Crippen molar-refractivity contribution in [2.24, 2.45) is 0 Å². The highest BCUT2D eigenvalue weighted by Gasteiger charge is 2.24. The zero-order chi connectivity index (χ0) is 27.5. The fourth-order valence-electron chi connectivity index (χ4n) is 5.23. The lowest BCUT2D eigenvalue weighted by Gasteiger charge is -2.18. The molecule has 40 heavy (non-hydrogen) atoms. The van der Waals surface area contributed by atoms with Crippen LogP contribution in [0.15, 0.2) is 83.7 Å². The number of thiazole rings is 1. The zero-order valence-corrected chi connectivity index (χ0v) is 23.2. The van der Waals surface area contributed by atoms with Crippen molar-refractivity contribution in [1.82, 2.24) is 14.5 Å². The number of aryl methyl sites for hydroxylation is 4. The standard InChI is InChI=1S/C33H30FN3O2S/c1-22-29(32-36-27-17-8-9-18-28(27)40-32)33(38)37(20-19-23-11-4-2-5-12-23)31(35-22)25-15-10-16-26(34)30(25)39-21-24-13-6-3-7-14-24/h2-7,10-16H,8-9,17-21H2,1H3. The number of rotatable bonds is 8. The van der Waals surface area contributed by atoms with Crippen LogP contribution < -0.4 is 10.3 Å². The highest BCUT2D eigenvalue weighted by molar-refractivity contribution is 7.15. The summed E-state index contributed by atoms with van der Waals surface area (Å²) >= 11 is 1.60. The number of para-hydroxylation sites is 1. The lowest BCUT2D eigenvalue weighted by atomic mass is 10.0. The lowest BCUT2D eigenvalue weighted by molar-refractivity contribution is 0.291. The van der Waals surface area contributed by atoms with Crippen molar-refractivity contribution in [2.75, 3.05) is 0 Å². The molecule has 1 aliphatic carbocycles. The van der Waals surface area contributed by atoms with Crippen molar-refractivity contribution in [1.29, 1.82) is 0 Å². The molecule has 5 nitrogen and oxygen atoms in total. The fraction of sp³-hybridized carbons (Fsp3) is 0.242. The molecule has 0 saturated heterocycles. The molecule has 2 heterocycles. The minimum atomic E-state index is -0.494. The van der Waals surface area contributed by atoms with Gasteiger partial charge < -0.3 is 4.74 Å². The predicted octanol–water partition coefficient (Wildman–Crippen LogP) is 7.18. The third-order valence-electron chi connectivity index (χ3n) is 7.31. The molecule has 0 saturated carbocycles. The highest BCUT2D eigenvalue weighted by Crippen LogP contribution is 2.35. The SMILES string of the molecule is Cc1nc(-c2cccc(F)c2OCc2ccccc2)n(CCc2ccccc2)c(=O)c1-c1nc2c(s1)CCCC2. The molecule has 7 heteroatoms. The minimum absolute atomic E-state index is 0.0866. The van der Waals surface area contributed by atoms with Gasteiger partial charge in [-0.25, -0.2) is 14.4 Å². The number of nitrogens with zero attached hydrogens (tertiary/aromatic N) is 3. The van der Waals surface area contributed by atoms with E-state index in [1.165, 1.54) is 10.9 Å². The van der Waals surface area contributed by atoms with Gasteiger partial charge in [0.25, 0.3) is 5.56 Å². The fourth-order valence-corrected chi connectivity index (χ4v) is 6.46. The first-order chi connectivity index (χ1) is 19.6. The summed E-state index contributed by atoms with van der Waals surface area (Å²) in [6.07, 6.45) is 4.85. The van der Waals surface area contributed by atoms with E-state index in [9.17, 15) is 4.79 Å². The first-order valence-electron chi connectivity index (χ1n) is 13.7. The Balaban J connectivity index is 1.46. The van der Waals surface area contributed by atoms with Crippen molar-refractivity contribution in [3.8, 4) is 27.7 Å². The molecular weight excluding hydrogens is 521 g/mol. The Bertz CT molecular complexity index is 1670. The largest absolute Gasteiger partial charge is 0.485 e. The second-order valence-corrected chi connectivity index (χ2v) is 11.2. The van der Waals surface area contributed by atoms with Crippen LogP contribution in [0.25, 0.3) is 22.0 Å². The van der Waals surface area contributed by atoms with Crippen LogP contribution >= 0.6 is 11.3 Å². The second-order valence-electron chi connectivity index (χ2n) is 10.1. The molecule has 0 fully saturated rings. The number of benzene rings is 3. The van der Waals surface area contributed by atoms with E-state index in [4.69, 9.17) is 14.7 Å². The van der Waals surface area contributed by atoms with Gasteiger partial charge in [0.2, 0.25) is 0 Å². The molecular formula is C33H30FN3O2S. The van der Waals surface area contributed by atoms with Gasteiger partial charge >= 0.3 is 0 Å². The van der Waals surface area contributed by atoms with E-state index < -0.39 is 5.82 Å². The van der Waals surface area contributed by atoms with Gasteiger partial charge in [0.05, 0.1) is 22.5 Å². The number of hydrogen-bond acceptors (Lipinski definition) is 5. The number of aromatic nitrogens is 3. The Morgan fingerprint density at radius 2 is 1.62 bits per heavy atom. The molecule has 0 radical (unpaired) electrons. The first-order valence-corrected chi connectivity index (χ1v) is 14.5. The van der Waals surface area contributed by atoms with E-state index in [1.807, 2.05) is 67.6 Å². The molecule has 0 bridgehead atoms. The Morgan fingerprint density at radius 1 is 0.900 bits per heavy atom. The smallest absolute Gasteiger partial charge is 0.264 e. The summed E-state index contributed by atoms with van der Waals surface area (Å²) in [5.41, 5.74) is 4.53. The van der Waals surface area contributed by atoms with Gasteiger partial charge in [-0.3, -0.25) is 9.36 Å². The third-order valence-corrected chi connectivity index (χ3v) is 8.49. The number of fused-ring (bicyclic) bond motifs is 1. The molecule has 3 aromatic carbocycles. The van der Waals surface area contributed by atoms with E-state index in [0.717, 1.165) is 47.5 Å². The molecule has 0 atom stereocenters. The topological polar surface area (TPSA) is 57.0 Å². The van der Waals surface area contributed by atoms with Gasteiger partial charge in [-0.1, -0.05) is 66.7 Å². The number of hydrogen-bond donors (Lipinski definition) is 0. The van der Waals surface area contributed by atoms with Gasteiger partial charge in [0.1, 0.15) is 17.4 Å². The Labute approximate surface area is 237 Å². The maximum atomic E-state index is 15.2. The molecule has 0 N–H and O–H groups in total. The van der Waals surface area contributed by atoms with Crippen molar-refractivity contribution in [2.45, 2.75) is 52.2 Å². The normalized spacial score (nSPS) is 12.8. The van der Waals surface area contributed by atoms with Gasteiger partial charge in [-0.15, -0.1) is 11.3 Å². The number of halogens is 1. The monoisotopic (exact) mass is 551 g/mol. The molecule has 0 amide bonds. The highest BCUT2D eigenvalue weighted by atomic mass is 32.1. The maximum Gasteiger partial charge on any atom is 0.264 e. The van der Waals surface area contributed by atoms with Crippen molar-refractivity contribution in [3.05, 3.63) is 122 Å². The Kier molecular flexibility index (Phi) is 7.55. The van der Waals surface area contributed by atoms with Crippen LogP contribution in [0.2, 0.25) is 0 Å². The summed E-state index contributed by atoms with van der Waals surface area (Å²) in [6, 6.07) is 24.4. The van der Waals surface area contributed by atoms with Crippen LogP contribution in [0.3, 0.4) is 0 Å². The molecule has 0 unspecified atom stereocenters. The van der Waals surface area contributed by atoms with Crippen molar-refractivity contribution in [3.63, 3.8) is 0 Å². The van der Waals surface area contributed by atoms with Crippen molar-refractivity contribution < 1.29 is 9.13 Å². The average molecular weight is 552 g/mol. The van der Waals surface area contributed by atoms with E-state index >= 15 is 4.39 Å². The van der Waals surface area contributed by atoms with Crippen LogP contribution in [0.1, 0.15) is 40.2 Å². The van der Waals surface area contributed by atoms with Gasteiger partial charge in [0, 0.05) is 11.4 Å². The van der Waals surface area contributed by atoms with E-state index in [2.05, 4.69) is 0 Å². The Hall–Kier alpha value is -4.10.